The Hall–Kier alpha value is -0.590. The van der Waals surface area contributed by atoms with Crippen LogP contribution in [0, 0.1) is 16.7 Å². The summed E-state index contributed by atoms with van der Waals surface area (Å²) < 4.78 is 0. The van der Waals surface area contributed by atoms with Gasteiger partial charge in [0, 0.05) is 12.6 Å². The van der Waals surface area contributed by atoms with Crippen molar-refractivity contribution in [2.24, 2.45) is 5.41 Å². The molecule has 104 valence electrons. The van der Waals surface area contributed by atoms with Crippen molar-refractivity contribution in [3.63, 3.8) is 0 Å². The molecule has 0 amide bonds. The molecule has 0 aromatic carbocycles. The highest BCUT2D eigenvalue weighted by Crippen LogP contribution is 2.37. The Bertz CT molecular complexity index is 266. The van der Waals surface area contributed by atoms with Crippen molar-refractivity contribution in [1.29, 1.82) is 5.26 Å². The standard InChI is InChI=1S/C15H29N3/c1-5-15(6-2)7-9-18(10-8-15)12-14(11-16)17-13(3)4/h13-14,17H,5-10,12H2,1-4H3. The number of likely N-dealkylation sites (tertiary alicyclic amines) is 1. The summed E-state index contributed by atoms with van der Waals surface area (Å²) in [6.45, 7) is 12.0. The van der Waals surface area contributed by atoms with E-state index >= 15 is 0 Å². The Morgan fingerprint density at radius 1 is 1.22 bits per heavy atom. The molecule has 1 atom stereocenters. The van der Waals surface area contributed by atoms with Crippen molar-refractivity contribution in [3.8, 4) is 6.07 Å². The summed E-state index contributed by atoms with van der Waals surface area (Å²) in [4.78, 5) is 2.45. The van der Waals surface area contributed by atoms with E-state index in [1.807, 2.05) is 0 Å². The first kappa shape index (κ1) is 15.5. The minimum atomic E-state index is -0.0271. The molecule has 1 aliphatic rings. The number of hydrogen-bond donors (Lipinski definition) is 1. The van der Waals surface area contributed by atoms with Crippen molar-refractivity contribution in [1.82, 2.24) is 10.2 Å². The summed E-state index contributed by atoms with van der Waals surface area (Å²) in [5.41, 5.74) is 0.574. The van der Waals surface area contributed by atoms with Crippen LogP contribution in [-0.4, -0.2) is 36.6 Å². The van der Waals surface area contributed by atoms with E-state index in [4.69, 9.17) is 5.26 Å². The average Bonchev–Trinajstić information content (AvgIpc) is 2.38. The summed E-state index contributed by atoms with van der Waals surface area (Å²) in [6, 6.07) is 2.73. The zero-order chi connectivity index (χ0) is 13.6. The Morgan fingerprint density at radius 2 is 1.78 bits per heavy atom. The fourth-order valence-electron chi connectivity index (χ4n) is 2.96. The number of nitrogens with zero attached hydrogens (tertiary/aromatic N) is 2. The van der Waals surface area contributed by atoms with Gasteiger partial charge in [-0.1, -0.05) is 26.7 Å². The molecular weight excluding hydrogens is 222 g/mol. The minimum Gasteiger partial charge on any atom is -0.301 e. The highest BCUT2D eigenvalue weighted by Gasteiger charge is 2.31. The van der Waals surface area contributed by atoms with Gasteiger partial charge in [0.25, 0.3) is 0 Å². The normalized spacial score (nSPS) is 21.8. The van der Waals surface area contributed by atoms with E-state index in [1.54, 1.807) is 0 Å². The van der Waals surface area contributed by atoms with Crippen molar-refractivity contribution in [3.05, 3.63) is 0 Å². The first-order valence-electron chi connectivity index (χ1n) is 7.43. The summed E-state index contributed by atoms with van der Waals surface area (Å²) in [7, 11) is 0. The van der Waals surface area contributed by atoms with Crippen molar-refractivity contribution < 1.29 is 0 Å². The number of nitrogens with one attached hydrogen (secondary N) is 1. The van der Waals surface area contributed by atoms with Gasteiger partial charge in [0.05, 0.1) is 6.07 Å². The second-order valence-electron chi connectivity index (χ2n) is 6.01. The van der Waals surface area contributed by atoms with Crippen LogP contribution in [0.15, 0.2) is 0 Å². The van der Waals surface area contributed by atoms with Crippen molar-refractivity contribution in [2.45, 2.75) is 65.5 Å². The van der Waals surface area contributed by atoms with E-state index in [0.29, 0.717) is 11.5 Å². The predicted octanol–water partition coefficient (Wildman–Crippen LogP) is 2.78. The van der Waals surface area contributed by atoms with Gasteiger partial charge in [-0.3, -0.25) is 5.32 Å². The van der Waals surface area contributed by atoms with Gasteiger partial charge in [-0.15, -0.1) is 0 Å². The molecule has 1 heterocycles. The largest absolute Gasteiger partial charge is 0.301 e. The predicted molar refractivity (Wildman–Crippen MR) is 76.4 cm³/mol. The molecular formula is C15H29N3. The molecule has 1 fully saturated rings. The van der Waals surface area contributed by atoms with Gasteiger partial charge in [-0.05, 0) is 45.2 Å². The molecule has 3 nitrogen and oxygen atoms in total. The van der Waals surface area contributed by atoms with Crippen LogP contribution in [0.2, 0.25) is 0 Å². The quantitative estimate of drug-likeness (QED) is 0.789. The highest BCUT2D eigenvalue weighted by molar-refractivity contribution is 4.94. The monoisotopic (exact) mass is 251 g/mol. The van der Waals surface area contributed by atoms with E-state index in [-0.39, 0.29) is 6.04 Å². The fourth-order valence-corrected chi connectivity index (χ4v) is 2.96. The highest BCUT2D eigenvalue weighted by atomic mass is 15.2. The Labute approximate surface area is 113 Å². The number of nitriles is 1. The fraction of sp³-hybridized carbons (Fsp3) is 0.933. The summed E-state index contributed by atoms with van der Waals surface area (Å²) in [5, 5.41) is 12.5. The molecule has 1 rings (SSSR count). The molecule has 1 saturated heterocycles. The lowest BCUT2D eigenvalue weighted by atomic mass is 9.74. The molecule has 1 unspecified atom stereocenters. The van der Waals surface area contributed by atoms with Gasteiger partial charge in [0.1, 0.15) is 6.04 Å². The number of piperidine rings is 1. The van der Waals surface area contributed by atoms with Gasteiger partial charge >= 0.3 is 0 Å². The summed E-state index contributed by atoms with van der Waals surface area (Å²) in [5.74, 6) is 0. The van der Waals surface area contributed by atoms with E-state index in [2.05, 4.69) is 44.0 Å². The van der Waals surface area contributed by atoms with Gasteiger partial charge in [-0.2, -0.15) is 5.26 Å². The Kier molecular flexibility index (Phi) is 6.11. The molecule has 0 radical (unpaired) electrons. The Balaban J connectivity index is 2.41. The SMILES string of the molecule is CCC1(CC)CCN(CC(C#N)NC(C)C)CC1. The summed E-state index contributed by atoms with van der Waals surface area (Å²) in [6.07, 6.45) is 5.17. The molecule has 0 saturated carbocycles. The third-order valence-electron chi connectivity index (χ3n) is 4.55. The molecule has 0 spiro atoms. The van der Waals surface area contributed by atoms with Crippen LogP contribution in [0.5, 0.6) is 0 Å². The van der Waals surface area contributed by atoms with Crippen LogP contribution in [0.3, 0.4) is 0 Å². The second kappa shape index (κ2) is 7.11. The maximum atomic E-state index is 9.16. The second-order valence-corrected chi connectivity index (χ2v) is 6.01. The minimum absolute atomic E-state index is 0.0271. The van der Waals surface area contributed by atoms with Gasteiger partial charge < -0.3 is 4.90 Å². The summed E-state index contributed by atoms with van der Waals surface area (Å²) >= 11 is 0. The van der Waals surface area contributed by atoms with Gasteiger partial charge in [0.2, 0.25) is 0 Å². The lowest BCUT2D eigenvalue weighted by Crippen LogP contribution is -2.47. The molecule has 0 aromatic rings. The lowest BCUT2D eigenvalue weighted by Gasteiger charge is -2.41. The topological polar surface area (TPSA) is 39.1 Å². The van der Waals surface area contributed by atoms with Crippen molar-refractivity contribution >= 4 is 0 Å². The molecule has 18 heavy (non-hydrogen) atoms. The average molecular weight is 251 g/mol. The van der Waals surface area contributed by atoms with Crippen LogP contribution >= 0.6 is 0 Å². The molecule has 0 aliphatic carbocycles. The van der Waals surface area contributed by atoms with Crippen LogP contribution < -0.4 is 5.32 Å². The maximum absolute atomic E-state index is 9.16. The number of rotatable bonds is 6. The number of hydrogen-bond acceptors (Lipinski definition) is 3. The lowest BCUT2D eigenvalue weighted by molar-refractivity contribution is 0.0917. The maximum Gasteiger partial charge on any atom is 0.108 e. The zero-order valence-electron chi connectivity index (χ0n) is 12.5. The smallest absolute Gasteiger partial charge is 0.108 e. The van der Waals surface area contributed by atoms with Crippen LogP contribution in [0.4, 0.5) is 0 Å². The van der Waals surface area contributed by atoms with Crippen LogP contribution in [0.1, 0.15) is 53.4 Å². The van der Waals surface area contributed by atoms with E-state index in [0.717, 1.165) is 19.6 Å². The van der Waals surface area contributed by atoms with Crippen LogP contribution in [-0.2, 0) is 0 Å². The van der Waals surface area contributed by atoms with E-state index < -0.39 is 0 Å². The first-order valence-corrected chi connectivity index (χ1v) is 7.43. The van der Waals surface area contributed by atoms with Gasteiger partial charge in [0.15, 0.2) is 0 Å². The zero-order valence-corrected chi connectivity index (χ0v) is 12.5. The third-order valence-corrected chi connectivity index (χ3v) is 4.55. The van der Waals surface area contributed by atoms with E-state index in [9.17, 15) is 0 Å². The molecule has 3 heteroatoms. The molecule has 0 bridgehead atoms. The molecule has 0 aromatic heterocycles. The Morgan fingerprint density at radius 3 is 2.17 bits per heavy atom. The van der Waals surface area contributed by atoms with E-state index in [1.165, 1.54) is 25.7 Å². The van der Waals surface area contributed by atoms with Crippen molar-refractivity contribution in [2.75, 3.05) is 19.6 Å². The third kappa shape index (κ3) is 4.26. The first-order chi connectivity index (χ1) is 8.55. The van der Waals surface area contributed by atoms with Crippen LogP contribution in [0.25, 0.3) is 0 Å². The molecule has 1 N–H and O–H groups in total. The van der Waals surface area contributed by atoms with Gasteiger partial charge in [-0.25, -0.2) is 0 Å². The molecule has 1 aliphatic heterocycles.